The highest BCUT2D eigenvalue weighted by atomic mass is 32.1. The van der Waals surface area contributed by atoms with Crippen molar-refractivity contribution in [3.63, 3.8) is 0 Å². The molecule has 0 fully saturated rings. The number of pyridine rings is 2. The number of ketones is 1. The smallest absolute Gasteiger partial charge is 0.251 e. The minimum absolute atomic E-state index is 0.215. The van der Waals surface area contributed by atoms with Crippen LogP contribution < -0.4 is 19.5 Å². The molecule has 1 N–H and O–H groups in total. The average Bonchev–Trinajstić information content (AvgIpc) is 3.21. The van der Waals surface area contributed by atoms with Gasteiger partial charge in [0.1, 0.15) is 17.1 Å². The number of methoxy groups -OCH3 is 3. The molecule has 0 unspecified atom stereocenters. The van der Waals surface area contributed by atoms with E-state index in [0.29, 0.717) is 28.5 Å². The van der Waals surface area contributed by atoms with Crippen molar-refractivity contribution in [1.82, 2.24) is 15.3 Å². The first-order chi connectivity index (χ1) is 16.5. The maximum atomic E-state index is 12.9. The number of hydrogen-bond acceptors (Lipinski definition) is 8. The monoisotopic (exact) mass is 477 g/mol. The zero-order chi connectivity index (χ0) is 24.2. The Bertz CT molecular complexity index is 1380. The molecule has 0 spiro atoms. The third-order valence-electron chi connectivity index (χ3n) is 5.28. The topological polar surface area (TPSA) is 99.6 Å². The summed E-state index contributed by atoms with van der Waals surface area (Å²) in [7, 11) is 4.56. The Morgan fingerprint density at radius 3 is 2.44 bits per heavy atom. The van der Waals surface area contributed by atoms with Crippen molar-refractivity contribution in [1.29, 1.82) is 0 Å². The van der Waals surface area contributed by atoms with Crippen molar-refractivity contribution in [2.24, 2.45) is 0 Å². The second-order valence-electron chi connectivity index (χ2n) is 7.31. The highest BCUT2D eigenvalue weighted by Gasteiger charge is 2.20. The Labute approximate surface area is 200 Å². The van der Waals surface area contributed by atoms with Gasteiger partial charge in [0, 0.05) is 22.2 Å². The van der Waals surface area contributed by atoms with E-state index in [1.807, 2.05) is 19.1 Å². The number of ether oxygens (including phenoxy) is 3. The number of nitrogens with one attached hydrogen (secondary N) is 1. The highest BCUT2D eigenvalue weighted by molar-refractivity contribution is 7.19. The zero-order valence-electron chi connectivity index (χ0n) is 19.2. The second kappa shape index (κ2) is 9.88. The summed E-state index contributed by atoms with van der Waals surface area (Å²) in [6.45, 7) is 1.77. The maximum Gasteiger partial charge on any atom is 0.251 e. The fourth-order valence-corrected chi connectivity index (χ4v) is 4.62. The normalized spacial score (nSPS) is 10.7. The Hall–Kier alpha value is -3.98. The van der Waals surface area contributed by atoms with Gasteiger partial charge < -0.3 is 19.5 Å². The lowest BCUT2D eigenvalue weighted by molar-refractivity contribution is 0.0902. The number of hydrogen-bond donors (Lipinski definition) is 1. The molecular weight excluding hydrogens is 454 g/mol. The van der Waals surface area contributed by atoms with E-state index in [1.165, 1.54) is 14.2 Å². The van der Waals surface area contributed by atoms with Crippen LogP contribution in [0, 0.1) is 6.92 Å². The Kier molecular flexibility index (Phi) is 6.74. The number of rotatable bonds is 8. The van der Waals surface area contributed by atoms with Gasteiger partial charge in [0.2, 0.25) is 0 Å². The molecule has 0 bridgehead atoms. The lowest BCUT2D eigenvalue weighted by Gasteiger charge is -2.11. The number of Topliss-reactive ketones (excluding diaryl/α,β-unsaturated/α-hetero) is 1. The first kappa shape index (κ1) is 23.2. The van der Waals surface area contributed by atoms with Gasteiger partial charge in [-0.15, -0.1) is 11.3 Å². The lowest BCUT2D eigenvalue weighted by Crippen LogP contribution is -2.30. The fraction of sp³-hybridized carbons (Fsp3) is 0.200. The predicted molar refractivity (Wildman–Crippen MR) is 130 cm³/mol. The molecule has 3 aromatic heterocycles. The molecule has 8 nitrogen and oxygen atoms in total. The lowest BCUT2D eigenvalue weighted by atomic mass is 10.1. The zero-order valence-corrected chi connectivity index (χ0v) is 20.0. The van der Waals surface area contributed by atoms with Gasteiger partial charge in [0.25, 0.3) is 5.91 Å². The quantitative estimate of drug-likeness (QED) is 0.378. The first-order valence-electron chi connectivity index (χ1n) is 10.4. The third kappa shape index (κ3) is 4.42. The van der Waals surface area contributed by atoms with Crippen LogP contribution >= 0.6 is 11.3 Å². The number of thiophene rings is 1. The molecule has 4 aromatic rings. The number of aromatic nitrogens is 2. The van der Waals surface area contributed by atoms with Gasteiger partial charge >= 0.3 is 0 Å². The molecule has 0 aliphatic carbocycles. The molecule has 3 heterocycles. The van der Waals surface area contributed by atoms with Crippen LogP contribution in [-0.4, -0.2) is 49.5 Å². The number of carbonyl (C=O) groups excluding carboxylic acids is 2. The molecule has 0 aliphatic heterocycles. The number of nitrogens with zero attached hydrogens (tertiary/aromatic N) is 2. The first-order valence-corrected chi connectivity index (χ1v) is 11.2. The number of fused-ring (bicyclic) bond motifs is 1. The van der Waals surface area contributed by atoms with Crippen LogP contribution in [0.15, 0.2) is 48.7 Å². The van der Waals surface area contributed by atoms with Crippen LogP contribution in [0.5, 0.6) is 17.2 Å². The number of carbonyl (C=O) groups is 2. The van der Waals surface area contributed by atoms with E-state index in [1.54, 1.807) is 55.0 Å². The largest absolute Gasteiger partial charge is 0.494 e. The van der Waals surface area contributed by atoms with Crippen molar-refractivity contribution in [3.05, 3.63) is 64.8 Å². The molecule has 0 saturated heterocycles. The van der Waals surface area contributed by atoms with Gasteiger partial charge in [-0.1, -0.05) is 0 Å². The van der Waals surface area contributed by atoms with Crippen molar-refractivity contribution in [2.75, 3.05) is 27.9 Å². The Morgan fingerprint density at radius 1 is 0.971 bits per heavy atom. The molecule has 0 aliphatic rings. The minimum Gasteiger partial charge on any atom is -0.494 e. The maximum absolute atomic E-state index is 12.9. The molecular formula is C25H23N3O5S. The van der Waals surface area contributed by atoms with E-state index in [-0.39, 0.29) is 18.0 Å². The molecule has 0 atom stereocenters. The average molecular weight is 478 g/mol. The molecule has 1 aromatic carbocycles. The van der Waals surface area contributed by atoms with Gasteiger partial charge in [0.15, 0.2) is 17.3 Å². The standard InChI is InChI=1S/C25H23N3O5S/c1-14-22(24-21(34-14)6-5-11-26-24)23-19(32-3)10-8-16(28-23)17(29)13-27-25(30)15-7-9-18(31-2)20(12-15)33-4/h5-12H,13H2,1-4H3,(H,27,30). The van der Waals surface area contributed by atoms with Crippen molar-refractivity contribution < 1.29 is 23.8 Å². The minimum atomic E-state index is -0.410. The van der Waals surface area contributed by atoms with Crippen molar-refractivity contribution in [2.45, 2.75) is 6.92 Å². The second-order valence-corrected chi connectivity index (χ2v) is 8.56. The molecule has 1 amide bonds. The van der Waals surface area contributed by atoms with Crippen LogP contribution in [0.1, 0.15) is 25.7 Å². The summed E-state index contributed by atoms with van der Waals surface area (Å²) in [4.78, 5) is 35.6. The van der Waals surface area contributed by atoms with E-state index in [0.717, 1.165) is 20.7 Å². The molecule has 4 rings (SSSR count). The molecule has 9 heteroatoms. The molecule has 0 radical (unpaired) electrons. The summed E-state index contributed by atoms with van der Waals surface area (Å²) in [6.07, 6.45) is 1.73. The summed E-state index contributed by atoms with van der Waals surface area (Å²) < 4.78 is 17.0. The van der Waals surface area contributed by atoms with E-state index >= 15 is 0 Å². The van der Waals surface area contributed by atoms with Crippen LogP contribution in [0.4, 0.5) is 0 Å². The molecule has 0 saturated carbocycles. The van der Waals surface area contributed by atoms with E-state index in [2.05, 4.69) is 15.3 Å². The van der Waals surface area contributed by atoms with Gasteiger partial charge in [-0.25, -0.2) is 4.98 Å². The summed E-state index contributed by atoms with van der Waals surface area (Å²) in [5, 5.41) is 2.64. The number of aryl methyl sites for hydroxylation is 1. The molecule has 34 heavy (non-hydrogen) atoms. The van der Waals surface area contributed by atoms with Crippen molar-refractivity contribution >= 4 is 33.2 Å². The van der Waals surface area contributed by atoms with E-state index in [9.17, 15) is 9.59 Å². The molecule has 174 valence electrons. The Balaban J connectivity index is 1.58. The Morgan fingerprint density at radius 2 is 1.71 bits per heavy atom. The third-order valence-corrected chi connectivity index (χ3v) is 6.34. The van der Waals surface area contributed by atoms with Gasteiger partial charge in [-0.05, 0) is 49.4 Å². The number of benzene rings is 1. The van der Waals surface area contributed by atoms with Crippen LogP contribution in [0.2, 0.25) is 0 Å². The fourth-order valence-electron chi connectivity index (χ4n) is 3.60. The van der Waals surface area contributed by atoms with E-state index in [4.69, 9.17) is 14.2 Å². The number of amides is 1. The van der Waals surface area contributed by atoms with E-state index < -0.39 is 5.91 Å². The van der Waals surface area contributed by atoms with Crippen molar-refractivity contribution in [3.8, 4) is 28.5 Å². The summed E-state index contributed by atoms with van der Waals surface area (Å²) in [5.41, 5.74) is 2.75. The van der Waals surface area contributed by atoms with Gasteiger partial charge in [-0.3, -0.25) is 14.6 Å². The van der Waals surface area contributed by atoms with Crippen LogP contribution in [0.3, 0.4) is 0 Å². The SMILES string of the molecule is COc1ccc(C(=O)NCC(=O)c2ccc(OC)c(-c3c(C)sc4cccnc34)n2)cc1OC. The van der Waals surface area contributed by atoms with Crippen LogP contribution in [0.25, 0.3) is 21.5 Å². The summed E-state index contributed by atoms with van der Waals surface area (Å²) in [6, 6.07) is 12.0. The van der Waals surface area contributed by atoms with Gasteiger partial charge in [0.05, 0.1) is 38.1 Å². The summed E-state index contributed by atoms with van der Waals surface area (Å²) >= 11 is 1.61. The summed E-state index contributed by atoms with van der Waals surface area (Å²) in [5.74, 6) is 0.736. The van der Waals surface area contributed by atoms with Gasteiger partial charge in [-0.2, -0.15) is 0 Å². The van der Waals surface area contributed by atoms with Crippen LogP contribution in [-0.2, 0) is 0 Å². The predicted octanol–water partition coefficient (Wildman–Crippen LogP) is 4.31. The highest BCUT2D eigenvalue weighted by Crippen LogP contribution is 2.40.